The zero-order chi connectivity index (χ0) is 13.3. The van der Waals surface area contributed by atoms with E-state index in [1.165, 1.54) is 12.1 Å². The molecule has 0 aliphatic rings. The van der Waals surface area contributed by atoms with Gasteiger partial charge in [-0.05, 0) is 40.6 Å². The molecule has 0 aliphatic heterocycles. The maximum Gasteiger partial charge on any atom is 0.264 e. The van der Waals surface area contributed by atoms with Gasteiger partial charge in [-0.2, -0.15) is 0 Å². The van der Waals surface area contributed by atoms with Crippen molar-refractivity contribution >= 4 is 22.6 Å². The number of halogens is 2. The molecular formula is C13H12FIN2O. The van der Waals surface area contributed by atoms with E-state index in [-0.39, 0.29) is 17.3 Å². The lowest BCUT2D eigenvalue weighted by Gasteiger charge is -2.09. The Labute approximate surface area is 118 Å². The number of nitrogens with one attached hydrogen (secondary N) is 1. The van der Waals surface area contributed by atoms with Gasteiger partial charge in [0.2, 0.25) is 0 Å². The van der Waals surface area contributed by atoms with E-state index in [4.69, 9.17) is 0 Å². The number of rotatable bonds is 2. The second-order valence-corrected chi connectivity index (χ2v) is 5.36. The van der Waals surface area contributed by atoms with E-state index in [2.05, 4.69) is 9.97 Å². The minimum Gasteiger partial charge on any atom is -0.306 e. The molecule has 0 saturated carbocycles. The third kappa shape index (κ3) is 2.60. The summed E-state index contributed by atoms with van der Waals surface area (Å²) in [7, 11) is 0. The number of H-pyrrole nitrogens is 1. The van der Waals surface area contributed by atoms with Gasteiger partial charge in [0.25, 0.3) is 5.56 Å². The fraction of sp³-hybridized carbons (Fsp3) is 0.231. The SMILES string of the molecule is CC(C)c1nc(-c2cccc(F)c2)[nH]c(=O)c1I. The van der Waals surface area contributed by atoms with E-state index in [9.17, 15) is 9.18 Å². The van der Waals surface area contributed by atoms with Crippen LogP contribution in [0.15, 0.2) is 29.1 Å². The summed E-state index contributed by atoms with van der Waals surface area (Å²) in [5.74, 6) is 0.204. The normalized spacial score (nSPS) is 10.9. The molecule has 5 heteroatoms. The van der Waals surface area contributed by atoms with Crippen molar-refractivity contribution in [2.45, 2.75) is 19.8 Å². The van der Waals surface area contributed by atoms with Crippen LogP contribution in [0.25, 0.3) is 11.4 Å². The molecule has 1 aromatic heterocycles. The number of hydrogen-bond donors (Lipinski definition) is 1. The van der Waals surface area contributed by atoms with Gasteiger partial charge < -0.3 is 4.98 Å². The molecule has 94 valence electrons. The maximum atomic E-state index is 13.2. The minimum absolute atomic E-state index is 0.145. The van der Waals surface area contributed by atoms with Crippen LogP contribution in [0.5, 0.6) is 0 Å². The van der Waals surface area contributed by atoms with Crippen molar-refractivity contribution in [2.24, 2.45) is 0 Å². The number of nitrogens with zero attached hydrogens (tertiary/aromatic N) is 1. The molecule has 0 fully saturated rings. The third-order valence-corrected chi connectivity index (χ3v) is 3.58. The molecule has 0 radical (unpaired) electrons. The van der Waals surface area contributed by atoms with Crippen LogP contribution in [0, 0.1) is 9.39 Å². The highest BCUT2D eigenvalue weighted by molar-refractivity contribution is 14.1. The molecule has 0 aliphatic carbocycles. The lowest BCUT2D eigenvalue weighted by atomic mass is 10.1. The first kappa shape index (κ1) is 13.2. The molecule has 0 atom stereocenters. The fourth-order valence-electron chi connectivity index (χ4n) is 1.63. The second kappa shape index (κ2) is 5.17. The Bertz CT molecular complexity index is 637. The molecule has 0 unspecified atom stereocenters. The number of benzene rings is 1. The average Bonchev–Trinajstić information content (AvgIpc) is 2.32. The summed E-state index contributed by atoms with van der Waals surface area (Å²) in [5, 5.41) is 0. The van der Waals surface area contributed by atoms with Crippen molar-refractivity contribution in [1.82, 2.24) is 9.97 Å². The van der Waals surface area contributed by atoms with Crippen LogP contribution in [0.3, 0.4) is 0 Å². The fourth-order valence-corrected chi connectivity index (χ4v) is 2.51. The predicted octanol–water partition coefficient (Wildman–Crippen LogP) is 3.30. The van der Waals surface area contributed by atoms with Gasteiger partial charge in [0.15, 0.2) is 0 Å². The summed E-state index contributed by atoms with van der Waals surface area (Å²) in [6.07, 6.45) is 0. The van der Waals surface area contributed by atoms with Crippen molar-refractivity contribution in [3.8, 4) is 11.4 Å². The van der Waals surface area contributed by atoms with Gasteiger partial charge in [-0.1, -0.05) is 26.0 Å². The van der Waals surface area contributed by atoms with Crippen molar-refractivity contribution in [3.05, 3.63) is 49.7 Å². The van der Waals surface area contributed by atoms with Crippen molar-refractivity contribution < 1.29 is 4.39 Å². The van der Waals surface area contributed by atoms with Crippen molar-refractivity contribution in [1.29, 1.82) is 0 Å². The molecule has 2 aromatic rings. The van der Waals surface area contributed by atoms with Gasteiger partial charge in [0.05, 0.1) is 9.26 Å². The minimum atomic E-state index is -0.347. The van der Waals surface area contributed by atoms with E-state index < -0.39 is 0 Å². The molecule has 0 bridgehead atoms. The van der Waals surface area contributed by atoms with Crippen LogP contribution in [-0.4, -0.2) is 9.97 Å². The summed E-state index contributed by atoms with van der Waals surface area (Å²) >= 11 is 1.98. The first-order chi connectivity index (χ1) is 8.49. The third-order valence-electron chi connectivity index (χ3n) is 2.53. The Hall–Kier alpha value is -1.24. The lowest BCUT2D eigenvalue weighted by molar-refractivity contribution is 0.628. The Morgan fingerprint density at radius 3 is 2.72 bits per heavy atom. The van der Waals surface area contributed by atoms with E-state index in [1.807, 2.05) is 36.4 Å². The van der Waals surface area contributed by atoms with Gasteiger partial charge >= 0.3 is 0 Å². The molecule has 0 saturated heterocycles. The average molecular weight is 358 g/mol. The standard InChI is InChI=1S/C13H12FIN2O/c1-7(2)11-10(15)13(18)17-12(16-11)8-4-3-5-9(14)6-8/h3-7H,1-2H3,(H,16,17,18). The van der Waals surface area contributed by atoms with Crippen LogP contribution < -0.4 is 5.56 Å². The van der Waals surface area contributed by atoms with Crippen LogP contribution in [0.4, 0.5) is 4.39 Å². The maximum absolute atomic E-state index is 13.2. The summed E-state index contributed by atoms with van der Waals surface area (Å²) in [5.41, 5.74) is 1.12. The molecule has 1 aromatic carbocycles. The van der Waals surface area contributed by atoms with Gasteiger partial charge in [-0.3, -0.25) is 4.79 Å². The van der Waals surface area contributed by atoms with E-state index in [0.717, 1.165) is 5.69 Å². The summed E-state index contributed by atoms with van der Waals surface area (Å²) < 4.78 is 13.8. The molecule has 18 heavy (non-hydrogen) atoms. The van der Waals surface area contributed by atoms with E-state index in [1.54, 1.807) is 12.1 Å². The molecule has 3 nitrogen and oxygen atoms in total. The Morgan fingerprint density at radius 2 is 2.11 bits per heavy atom. The number of aromatic amines is 1. The summed E-state index contributed by atoms with van der Waals surface area (Å²) in [6.45, 7) is 3.94. The van der Waals surface area contributed by atoms with Crippen molar-refractivity contribution in [3.63, 3.8) is 0 Å². The number of aromatic nitrogens is 2. The molecule has 2 rings (SSSR count). The van der Waals surface area contributed by atoms with Crippen LogP contribution >= 0.6 is 22.6 Å². The van der Waals surface area contributed by atoms with Gasteiger partial charge in [-0.15, -0.1) is 0 Å². The zero-order valence-electron chi connectivity index (χ0n) is 10.00. The highest BCUT2D eigenvalue weighted by Gasteiger charge is 2.13. The quantitative estimate of drug-likeness (QED) is 0.838. The van der Waals surface area contributed by atoms with Gasteiger partial charge in [0, 0.05) is 5.56 Å². The first-order valence-corrected chi connectivity index (χ1v) is 6.62. The zero-order valence-corrected chi connectivity index (χ0v) is 12.2. The Balaban J connectivity index is 2.63. The van der Waals surface area contributed by atoms with E-state index >= 15 is 0 Å². The summed E-state index contributed by atoms with van der Waals surface area (Å²) in [6, 6.07) is 6.03. The number of hydrogen-bond acceptors (Lipinski definition) is 2. The topological polar surface area (TPSA) is 45.8 Å². The van der Waals surface area contributed by atoms with Crippen LogP contribution in [0.2, 0.25) is 0 Å². The Kier molecular flexibility index (Phi) is 3.79. The smallest absolute Gasteiger partial charge is 0.264 e. The highest BCUT2D eigenvalue weighted by atomic mass is 127. The monoisotopic (exact) mass is 358 g/mol. The summed E-state index contributed by atoms with van der Waals surface area (Å²) in [4.78, 5) is 18.9. The molecular weight excluding hydrogens is 346 g/mol. The van der Waals surface area contributed by atoms with Crippen molar-refractivity contribution in [2.75, 3.05) is 0 Å². The Morgan fingerprint density at radius 1 is 1.39 bits per heavy atom. The second-order valence-electron chi connectivity index (χ2n) is 4.28. The molecule has 1 N–H and O–H groups in total. The lowest BCUT2D eigenvalue weighted by Crippen LogP contribution is -2.17. The highest BCUT2D eigenvalue weighted by Crippen LogP contribution is 2.20. The first-order valence-electron chi connectivity index (χ1n) is 5.54. The molecule has 0 amide bonds. The largest absolute Gasteiger partial charge is 0.306 e. The van der Waals surface area contributed by atoms with Crippen LogP contribution in [0.1, 0.15) is 25.5 Å². The van der Waals surface area contributed by atoms with Gasteiger partial charge in [0.1, 0.15) is 11.6 Å². The van der Waals surface area contributed by atoms with Crippen LogP contribution in [-0.2, 0) is 0 Å². The van der Waals surface area contributed by atoms with E-state index in [0.29, 0.717) is 15.0 Å². The predicted molar refractivity (Wildman–Crippen MR) is 77.1 cm³/mol. The molecule has 1 heterocycles. The molecule has 0 spiro atoms. The van der Waals surface area contributed by atoms with Gasteiger partial charge in [-0.25, -0.2) is 9.37 Å².